The largest absolute Gasteiger partial charge is 0.384 e. The predicted octanol–water partition coefficient (Wildman–Crippen LogP) is 3.25. The Morgan fingerprint density at radius 3 is 2.44 bits per heavy atom. The molecule has 36 heavy (non-hydrogen) atoms. The molecule has 9 nitrogen and oxygen atoms in total. The number of hydrogen-bond donors (Lipinski definition) is 1. The summed E-state index contributed by atoms with van der Waals surface area (Å²) >= 11 is 7.11. The zero-order valence-electron chi connectivity index (χ0n) is 19.4. The van der Waals surface area contributed by atoms with E-state index in [0.29, 0.717) is 22.5 Å². The second-order valence-electron chi connectivity index (χ2n) is 7.90. The number of halogens is 1. The molecule has 0 saturated heterocycles. The second-order valence-corrected chi connectivity index (χ2v) is 9.28. The number of carbonyl (C=O) groups is 1. The fourth-order valence-corrected chi connectivity index (χ4v) is 4.61. The van der Waals surface area contributed by atoms with Crippen LogP contribution in [-0.4, -0.2) is 35.4 Å². The minimum Gasteiger partial charge on any atom is -0.384 e. The van der Waals surface area contributed by atoms with E-state index < -0.39 is 17.0 Å². The van der Waals surface area contributed by atoms with Crippen LogP contribution in [0, 0.1) is 0 Å². The highest BCUT2D eigenvalue weighted by atomic mass is 35.5. The fourth-order valence-electron chi connectivity index (χ4n) is 3.67. The van der Waals surface area contributed by atoms with Gasteiger partial charge in [-0.05, 0) is 29.8 Å². The van der Waals surface area contributed by atoms with Crippen LogP contribution >= 0.6 is 23.4 Å². The van der Waals surface area contributed by atoms with Crippen LogP contribution in [0.15, 0.2) is 82.0 Å². The monoisotopic (exact) mass is 522 g/mol. The van der Waals surface area contributed by atoms with E-state index in [9.17, 15) is 14.4 Å². The van der Waals surface area contributed by atoms with Crippen molar-refractivity contribution in [3.63, 3.8) is 0 Å². The van der Waals surface area contributed by atoms with Gasteiger partial charge in [-0.2, -0.15) is 0 Å². The van der Waals surface area contributed by atoms with Gasteiger partial charge in [-0.25, -0.2) is 4.79 Å². The van der Waals surface area contributed by atoms with Gasteiger partial charge in [-0.3, -0.25) is 23.3 Å². The summed E-state index contributed by atoms with van der Waals surface area (Å²) in [5.74, 6) is -0.208. The van der Waals surface area contributed by atoms with Gasteiger partial charge in [0, 0.05) is 24.2 Å². The van der Waals surface area contributed by atoms with Gasteiger partial charge in [0.25, 0.3) is 5.56 Å². The number of allylic oxidation sites excluding steroid dienone is 1. The number of nitrogen functional groups attached to an aromatic ring is 1. The van der Waals surface area contributed by atoms with Gasteiger partial charge < -0.3 is 5.73 Å². The highest BCUT2D eigenvalue weighted by Crippen LogP contribution is 2.26. The first-order valence-electron chi connectivity index (χ1n) is 10.9. The average molecular weight is 523 g/mol. The van der Waals surface area contributed by atoms with Crippen LogP contribution in [0.4, 0.5) is 5.82 Å². The summed E-state index contributed by atoms with van der Waals surface area (Å²) in [6.07, 6.45) is 1.70. The smallest absolute Gasteiger partial charge is 0.332 e. The van der Waals surface area contributed by atoms with Crippen molar-refractivity contribution in [1.29, 1.82) is 0 Å². The van der Waals surface area contributed by atoms with Gasteiger partial charge in [0.05, 0.1) is 12.3 Å². The molecule has 2 aromatic heterocycles. The highest BCUT2D eigenvalue weighted by molar-refractivity contribution is 7.99. The molecule has 0 spiro atoms. The third-order valence-electron chi connectivity index (χ3n) is 5.51. The van der Waals surface area contributed by atoms with Crippen LogP contribution in [0.25, 0.3) is 11.4 Å². The Morgan fingerprint density at radius 1 is 1.08 bits per heavy atom. The van der Waals surface area contributed by atoms with E-state index in [1.54, 1.807) is 18.2 Å². The van der Waals surface area contributed by atoms with E-state index in [2.05, 4.69) is 16.8 Å². The summed E-state index contributed by atoms with van der Waals surface area (Å²) in [7, 11) is 1.33. The Balaban J connectivity index is 1.63. The lowest BCUT2D eigenvalue weighted by Gasteiger charge is -2.14. The highest BCUT2D eigenvalue weighted by Gasteiger charge is 2.23. The number of nitrogens with two attached hydrogens (primary N) is 1. The summed E-state index contributed by atoms with van der Waals surface area (Å²) in [6.45, 7) is 4.33. The number of ketones is 1. The summed E-state index contributed by atoms with van der Waals surface area (Å²) in [5, 5.41) is 9.56. The Labute approximate surface area is 215 Å². The van der Waals surface area contributed by atoms with Crippen LogP contribution in [0.5, 0.6) is 0 Å². The number of Topliss-reactive ketones (excluding diaryl/α,β-unsaturated/α-hetero) is 1. The fraction of sp³-hybridized carbons (Fsp3) is 0.160. The molecule has 0 unspecified atom stereocenters. The number of nitrogens with zero attached hydrogens (tertiary/aromatic N) is 5. The molecular formula is C25H23ClN6O3S. The lowest BCUT2D eigenvalue weighted by Crippen LogP contribution is -2.43. The third kappa shape index (κ3) is 5.05. The summed E-state index contributed by atoms with van der Waals surface area (Å²) in [4.78, 5) is 38.8. The molecule has 0 atom stereocenters. The van der Waals surface area contributed by atoms with Crippen molar-refractivity contribution in [1.82, 2.24) is 23.9 Å². The lowest BCUT2D eigenvalue weighted by atomic mass is 10.2. The SMILES string of the molecule is C=CCn1c(SCC(=O)c2c(N)n(Cc3ccccc3)c(=O)n(C)c2=O)nnc1-c1ccc(Cl)cc1. The van der Waals surface area contributed by atoms with E-state index in [1.165, 1.54) is 11.6 Å². The molecule has 0 radical (unpaired) electrons. The van der Waals surface area contributed by atoms with Crippen LogP contribution in [0.3, 0.4) is 0 Å². The van der Waals surface area contributed by atoms with E-state index >= 15 is 0 Å². The summed E-state index contributed by atoms with van der Waals surface area (Å²) in [5.41, 5.74) is 6.26. The zero-order chi connectivity index (χ0) is 25.8. The Morgan fingerprint density at radius 2 is 1.78 bits per heavy atom. The van der Waals surface area contributed by atoms with Crippen molar-refractivity contribution < 1.29 is 4.79 Å². The van der Waals surface area contributed by atoms with E-state index in [-0.39, 0.29) is 23.7 Å². The number of aromatic nitrogens is 5. The maximum absolute atomic E-state index is 13.2. The molecule has 4 aromatic rings. The molecule has 0 aliphatic carbocycles. The van der Waals surface area contributed by atoms with Gasteiger partial charge in [0.1, 0.15) is 11.4 Å². The first-order valence-corrected chi connectivity index (χ1v) is 12.3. The van der Waals surface area contributed by atoms with Crippen LogP contribution in [0.1, 0.15) is 15.9 Å². The van der Waals surface area contributed by atoms with Crippen molar-refractivity contribution in [2.45, 2.75) is 18.2 Å². The topological polar surface area (TPSA) is 118 Å². The molecule has 11 heteroatoms. The Hall–Kier alpha value is -3.89. The average Bonchev–Trinajstić information content (AvgIpc) is 3.28. The molecule has 2 aromatic carbocycles. The molecular weight excluding hydrogens is 500 g/mol. The molecule has 0 bridgehead atoms. The van der Waals surface area contributed by atoms with E-state index in [0.717, 1.165) is 27.5 Å². The van der Waals surface area contributed by atoms with Gasteiger partial charge in [0.2, 0.25) is 0 Å². The molecule has 4 rings (SSSR count). The van der Waals surface area contributed by atoms with Gasteiger partial charge in [-0.15, -0.1) is 16.8 Å². The second kappa shape index (κ2) is 10.8. The number of benzene rings is 2. The zero-order valence-corrected chi connectivity index (χ0v) is 21.0. The molecule has 0 aliphatic rings. The number of thioether (sulfide) groups is 1. The van der Waals surface area contributed by atoms with Crippen molar-refractivity contribution in [3.8, 4) is 11.4 Å². The quantitative estimate of drug-likeness (QED) is 0.204. The summed E-state index contributed by atoms with van der Waals surface area (Å²) < 4.78 is 3.94. The van der Waals surface area contributed by atoms with Crippen molar-refractivity contribution in [3.05, 3.63) is 104 Å². The summed E-state index contributed by atoms with van der Waals surface area (Å²) in [6, 6.07) is 16.3. The number of hydrogen-bond acceptors (Lipinski definition) is 7. The lowest BCUT2D eigenvalue weighted by molar-refractivity contribution is 0.102. The van der Waals surface area contributed by atoms with Crippen molar-refractivity contribution >= 4 is 35.0 Å². The van der Waals surface area contributed by atoms with Crippen LogP contribution in [0.2, 0.25) is 5.02 Å². The molecule has 2 N–H and O–H groups in total. The van der Waals surface area contributed by atoms with Crippen molar-refractivity contribution in [2.24, 2.45) is 7.05 Å². The first kappa shape index (κ1) is 25.2. The van der Waals surface area contributed by atoms with Gasteiger partial charge >= 0.3 is 5.69 Å². The first-order chi connectivity index (χ1) is 17.3. The maximum Gasteiger partial charge on any atom is 0.332 e. The molecule has 184 valence electrons. The van der Waals surface area contributed by atoms with Crippen LogP contribution in [-0.2, 0) is 20.1 Å². The third-order valence-corrected chi connectivity index (χ3v) is 6.73. The predicted molar refractivity (Wildman–Crippen MR) is 142 cm³/mol. The van der Waals surface area contributed by atoms with Gasteiger partial charge in [0.15, 0.2) is 16.8 Å². The van der Waals surface area contributed by atoms with E-state index in [1.807, 2.05) is 47.0 Å². The molecule has 0 amide bonds. The molecule has 2 heterocycles. The number of carbonyl (C=O) groups excluding carboxylic acids is 1. The maximum atomic E-state index is 13.2. The Bertz CT molecular complexity index is 1540. The normalized spacial score (nSPS) is 10.9. The van der Waals surface area contributed by atoms with E-state index in [4.69, 9.17) is 17.3 Å². The van der Waals surface area contributed by atoms with Gasteiger partial charge in [-0.1, -0.05) is 59.8 Å². The molecule has 0 aliphatic heterocycles. The number of anilines is 1. The Kier molecular flexibility index (Phi) is 7.56. The molecule has 0 fully saturated rings. The minimum atomic E-state index is -0.734. The van der Waals surface area contributed by atoms with Crippen molar-refractivity contribution in [2.75, 3.05) is 11.5 Å². The standard InChI is InChI=1S/C25H23ClN6O3S/c1-3-13-31-22(17-9-11-18(26)12-10-17)28-29-24(31)36-15-19(33)20-21(27)32(25(35)30(2)23(20)34)14-16-7-5-4-6-8-16/h3-12H,1,13-15,27H2,2H3. The van der Waals surface area contributed by atoms with Crippen LogP contribution < -0.4 is 17.0 Å². The number of rotatable bonds is 9. The molecule has 0 saturated carbocycles. The minimum absolute atomic E-state index is 0.126.